The highest BCUT2D eigenvalue weighted by Crippen LogP contribution is 2.06. The molecule has 7 nitrogen and oxygen atoms in total. The number of rotatable bonds is 4. The van der Waals surface area contributed by atoms with Crippen LogP contribution in [0.4, 0.5) is 5.82 Å². The summed E-state index contributed by atoms with van der Waals surface area (Å²) in [5.74, 6) is -1.13. The summed E-state index contributed by atoms with van der Waals surface area (Å²) in [5.41, 5.74) is 0.253. The SMILES string of the molecule is O=C(O)Cn1cccc1C(=O)Nc1cnccn1. The highest BCUT2D eigenvalue weighted by molar-refractivity contribution is 6.02. The molecule has 0 aliphatic rings. The van der Waals surface area contributed by atoms with Gasteiger partial charge in [0, 0.05) is 18.6 Å². The molecule has 7 heteroatoms. The van der Waals surface area contributed by atoms with Gasteiger partial charge in [-0.15, -0.1) is 0 Å². The third-order valence-corrected chi connectivity index (χ3v) is 2.17. The van der Waals surface area contributed by atoms with Crippen LogP contribution in [-0.4, -0.2) is 31.5 Å². The van der Waals surface area contributed by atoms with E-state index in [1.54, 1.807) is 6.07 Å². The topological polar surface area (TPSA) is 97.1 Å². The highest BCUT2D eigenvalue weighted by Gasteiger charge is 2.13. The van der Waals surface area contributed by atoms with Crippen molar-refractivity contribution in [3.05, 3.63) is 42.6 Å². The van der Waals surface area contributed by atoms with E-state index in [2.05, 4.69) is 15.3 Å². The van der Waals surface area contributed by atoms with E-state index < -0.39 is 11.9 Å². The molecule has 2 rings (SSSR count). The maximum atomic E-state index is 11.9. The van der Waals surface area contributed by atoms with Crippen molar-refractivity contribution < 1.29 is 14.7 Å². The molecule has 0 radical (unpaired) electrons. The van der Waals surface area contributed by atoms with E-state index in [9.17, 15) is 9.59 Å². The van der Waals surface area contributed by atoms with Crippen LogP contribution in [0.2, 0.25) is 0 Å². The summed E-state index contributed by atoms with van der Waals surface area (Å²) in [6.45, 7) is -0.268. The Bertz CT molecular complexity index is 565. The number of carbonyl (C=O) groups excluding carboxylic acids is 1. The number of hydrogen-bond acceptors (Lipinski definition) is 4. The molecular formula is C11H10N4O3. The smallest absolute Gasteiger partial charge is 0.323 e. The Hall–Kier alpha value is -2.70. The third-order valence-electron chi connectivity index (χ3n) is 2.17. The summed E-state index contributed by atoms with van der Waals surface area (Å²) < 4.78 is 1.34. The van der Waals surface area contributed by atoms with Gasteiger partial charge in [0.15, 0.2) is 5.82 Å². The minimum Gasteiger partial charge on any atom is -0.480 e. The lowest BCUT2D eigenvalue weighted by molar-refractivity contribution is -0.137. The van der Waals surface area contributed by atoms with Gasteiger partial charge in [-0.1, -0.05) is 0 Å². The van der Waals surface area contributed by atoms with E-state index in [0.717, 1.165) is 0 Å². The molecule has 1 amide bonds. The summed E-state index contributed by atoms with van der Waals surface area (Å²) >= 11 is 0. The van der Waals surface area contributed by atoms with E-state index in [1.807, 2.05) is 0 Å². The minimum atomic E-state index is -1.01. The van der Waals surface area contributed by atoms with E-state index in [1.165, 1.54) is 35.4 Å². The predicted molar refractivity (Wildman–Crippen MR) is 62.1 cm³/mol. The van der Waals surface area contributed by atoms with Crippen molar-refractivity contribution >= 4 is 17.7 Å². The lowest BCUT2D eigenvalue weighted by atomic mass is 10.4. The molecule has 0 aliphatic heterocycles. The predicted octanol–water partition coefficient (Wildman–Crippen LogP) is 0.615. The van der Waals surface area contributed by atoms with Crippen LogP contribution in [-0.2, 0) is 11.3 Å². The van der Waals surface area contributed by atoms with Crippen LogP contribution < -0.4 is 5.32 Å². The summed E-state index contributed by atoms with van der Waals surface area (Å²) in [5, 5.41) is 11.2. The zero-order valence-corrected chi connectivity index (χ0v) is 9.28. The third kappa shape index (κ3) is 2.70. The Kier molecular flexibility index (Phi) is 3.33. The van der Waals surface area contributed by atoms with E-state index in [0.29, 0.717) is 5.82 Å². The van der Waals surface area contributed by atoms with Gasteiger partial charge >= 0.3 is 5.97 Å². The van der Waals surface area contributed by atoms with Crippen molar-refractivity contribution in [2.45, 2.75) is 6.54 Å². The van der Waals surface area contributed by atoms with Crippen molar-refractivity contribution in [2.75, 3.05) is 5.32 Å². The molecular weight excluding hydrogens is 236 g/mol. The van der Waals surface area contributed by atoms with Gasteiger partial charge in [-0.25, -0.2) is 4.98 Å². The van der Waals surface area contributed by atoms with Crippen molar-refractivity contribution in [3.63, 3.8) is 0 Å². The zero-order valence-electron chi connectivity index (χ0n) is 9.28. The number of carboxylic acids is 1. The number of aliphatic carboxylic acids is 1. The molecule has 0 fully saturated rings. The number of anilines is 1. The summed E-state index contributed by atoms with van der Waals surface area (Å²) in [6, 6.07) is 3.14. The molecule has 0 unspecified atom stereocenters. The number of aromatic nitrogens is 3. The molecule has 0 aromatic carbocycles. The van der Waals surface area contributed by atoms with Crippen LogP contribution in [0.25, 0.3) is 0 Å². The van der Waals surface area contributed by atoms with Crippen LogP contribution in [0, 0.1) is 0 Å². The Morgan fingerprint density at radius 2 is 2.22 bits per heavy atom. The average Bonchev–Trinajstić information content (AvgIpc) is 2.77. The largest absolute Gasteiger partial charge is 0.480 e. The van der Waals surface area contributed by atoms with Gasteiger partial charge in [-0.2, -0.15) is 0 Å². The minimum absolute atomic E-state index is 0.253. The average molecular weight is 246 g/mol. The Morgan fingerprint density at radius 1 is 1.39 bits per heavy atom. The fraction of sp³-hybridized carbons (Fsp3) is 0.0909. The summed E-state index contributed by atoms with van der Waals surface area (Å²) in [7, 11) is 0. The van der Waals surface area contributed by atoms with Gasteiger partial charge in [0.2, 0.25) is 0 Å². The van der Waals surface area contributed by atoms with Crippen molar-refractivity contribution in [1.82, 2.24) is 14.5 Å². The fourth-order valence-corrected chi connectivity index (χ4v) is 1.45. The molecule has 92 valence electrons. The fourth-order valence-electron chi connectivity index (χ4n) is 1.45. The van der Waals surface area contributed by atoms with Gasteiger partial charge in [-0.05, 0) is 12.1 Å². The molecule has 0 spiro atoms. The molecule has 0 atom stereocenters. The van der Waals surface area contributed by atoms with Crippen LogP contribution in [0.1, 0.15) is 10.5 Å². The molecule has 2 N–H and O–H groups in total. The zero-order chi connectivity index (χ0) is 13.0. The van der Waals surface area contributed by atoms with Crippen LogP contribution in [0.3, 0.4) is 0 Å². The normalized spacial score (nSPS) is 10.0. The first-order valence-electron chi connectivity index (χ1n) is 5.11. The molecule has 2 aromatic heterocycles. The second-order valence-corrected chi connectivity index (χ2v) is 3.46. The molecule has 0 bridgehead atoms. The summed E-state index contributed by atoms with van der Waals surface area (Å²) in [4.78, 5) is 30.2. The molecule has 0 saturated heterocycles. The first-order chi connectivity index (χ1) is 8.66. The standard InChI is InChI=1S/C11H10N4O3/c16-10(17)7-15-5-1-2-8(15)11(18)14-9-6-12-3-4-13-9/h1-6H,7H2,(H,16,17)(H,13,14,18). The van der Waals surface area contributed by atoms with Gasteiger partial charge < -0.3 is 15.0 Å². The van der Waals surface area contributed by atoms with Gasteiger partial charge in [0.25, 0.3) is 5.91 Å². The van der Waals surface area contributed by atoms with E-state index >= 15 is 0 Å². The first kappa shape index (κ1) is 11.8. The monoisotopic (exact) mass is 246 g/mol. The van der Waals surface area contributed by atoms with Gasteiger partial charge in [0.05, 0.1) is 6.20 Å². The number of carboxylic acid groups (broad SMARTS) is 1. The summed E-state index contributed by atoms with van der Waals surface area (Å²) in [6.07, 6.45) is 5.87. The van der Waals surface area contributed by atoms with Crippen molar-refractivity contribution in [3.8, 4) is 0 Å². The van der Waals surface area contributed by atoms with Crippen LogP contribution in [0.15, 0.2) is 36.9 Å². The van der Waals surface area contributed by atoms with Gasteiger partial charge in [0.1, 0.15) is 12.2 Å². The number of nitrogens with one attached hydrogen (secondary N) is 1. The molecule has 18 heavy (non-hydrogen) atoms. The van der Waals surface area contributed by atoms with Crippen molar-refractivity contribution in [2.24, 2.45) is 0 Å². The second-order valence-electron chi connectivity index (χ2n) is 3.46. The molecule has 2 heterocycles. The Balaban J connectivity index is 2.14. The number of amides is 1. The Labute approximate surface area is 102 Å². The number of carbonyl (C=O) groups is 2. The van der Waals surface area contributed by atoms with Crippen molar-refractivity contribution in [1.29, 1.82) is 0 Å². The van der Waals surface area contributed by atoms with Crippen LogP contribution in [0.5, 0.6) is 0 Å². The quantitative estimate of drug-likeness (QED) is 0.824. The lowest BCUT2D eigenvalue weighted by Gasteiger charge is -2.06. The highest BCUT2D eigenvalue weighted by atomic mass is 16.4. The lowest BCUT2D eigenvalue weighted by Crippen LogP contribution is -2.19. The maximum Gasteiger partial charge on any atom is 0.323 e. The van der Waals surface area contributed by atoms with E-state index in [-0.39, 0.29) is 12.2 Å². The van der Waals surface area contributed by atoms with E-state index in [4.69, 9.17) is 5.11 Å². The number of hydrogen-bond donors (Lipinski definition) is 2. The number of nitrogens with zero attached hydrogens (tertiary/aromatic N) is 3. The molecule has 0 saturated carbocycles. The van der Waals surface area contributed by atoms with Gasteiger partial charge in [-0.3, -0.25) is 14.6 Å². The Morgan fingerprint density at radius 3 is 2.89 bits per heavy atom. The molecule has 2 aromatic rings. The second kappa shape index (κ2) is 5.09. The molecule has 0 aliphatic carbocycles. The first-order valence-corrected chi connectivity index (χ1v) is 5.11. The van der Waals surface area contributed by atoms with Crippen LogP contribution >= 0.6 is 0 Å². The maximum absolute atomic E-state index is 11.9.